The Hall–Kier alpha value is -3.75. The third-order valence-corrected chi connectivity index (χ3v) is 3.82. The molecule has 0 bridgehead atoms. The number of carbonyl (C=O) groups excluding carboxylic acids is 5. The smallest absolute Gasteiger partial charge is 0.326 e. The minimum Gasteiger partial charge on any atom is -0.481 e. The van der Waals surface area contributed by atoms with Gasteiger partial charge in [-0.2, -0.15) is 0 Å². The van der Waals surface area contributed by atoms with Gasteiger partial charge >= 0.3 is 11.9 Å². The zero-order valence-electron chi connectivity index (χ0n) is 16.6. The SMILES string of the molecule is CC(NC(=O)C(N)CC(=O)O)C(=O)NC(CC(N)=O)C(=O)NC(CCC(N)=O)C(=O)O. The first kappa shape index (κ1) is 27.2. The van der Waals surface area contributed by atoms with Gasteiger partial charge in [-0.3, -0.25) is 28.8 Å². The Morgan fingerprint density at radius 1 is 0.774 bits per heavy atom. The summed E-state index contributed by atoms with van der Waals surface area (Å²) in [6, 6.07) is -5.84. The van der Waals surface area contributed by atoms with Crippen molar-refractivity contribution >= 4 is 41.5 Å². The second kappa shape index (κ2) is 12.7. The van der Waals surface area contributed by atoms with E-state index in [9.17, 15) is 33.6 Å². The summed E-state index contributed by atoms with van der Waals surface area (Å²) in [5.41, 5.74) is 15.4. The zero-order chi connectivity index (χ0) is 24.3. The number of carboxylic acids is 2. The number of aliphatic carboxylic acids is 2. The Morgan fingerprint density at radius 2 is 1.32 bits per heavy atom. The molecule has 0 saturated heterocycles. The van der Waals surface area contributed by atoms with Crippen molar-refractivity contribution in [3.63, 3.8) is 0 Å². The molecule has 0 saturated carbocycles. The molecular formula is C16H26N6O9. The Morgan fingerprint density at radius 3 is 1.77 bits per heavy atom. The maximum atomic E-state index is 12.4. The molecule has 0 aromatic carbocycles. The molecule has 11 N–H and O–H groups in total. The van der Waals surface area contributed by atoms with Gasteiger partial charge in [-0.25, -0.2) is 4.79 Å². The minimum absolute atomic E-state index is 0.332. The predicted octanol–water partition coefficient (Wildman–Crippen LogP) is -4.51. The highest BCUT2D eigenvalue weighted by atomic mass is 16.4. The van der Waals surface area contributed by atoms with Gasteiger partial charge in [0.05, 0.1) is 18.9 Å². The van der Waals surface area contributed by atoms with E-state index in [0.717, 1.165) is 0 Å². The van der Waals surface area contributed by atoms with E-state index in [0.29, 0.717) is 0 Å². The van der Waals surface area contributed by atoms with E-state index >= 15 is 0 Å². The first-order chi connectivity index (χ1) is 14.2. The average molecular weight is 446 g/mol. The van der Waals surface area contributed by atoms with Gasteiger partial charge in [-0.1, -0.05) is 0 Å². The molecule has 0 heterocycles. The van der Waals surface area contributed by atoms with Crippen molar-refractivity contribution < 1.29 is 43.8 Å². The maximum absolute atomic E-state index is 12.4. The summed E-state index contributed by atoms with van der Waals surface area (Å²) >= 11 is 0. The third-order valence-electron chi connectivity index (χ3n) is 3.82. The number of amides is 5. The second-order valence-corrected chi connectivity index (χ2v) is 6.57. The van der Waals surface area contributed by atoms with Crippen molar-refractivity contribution in [2.45, 2.75) is 56.8 Å². The molecular weight excluding hydrogens is 420 g/mol. The molecule has 0 aliphatic heterocycles. The van der Waals surface area contributed by atoms with Crippen molar-refractivity contribution in [2.75, 3.05) is 0 Å². The van der Waals surface area contributed by atoms with E-state index in [2.05, 4.69) is 16.0 Å². The van der Waals surface area contributed by atoms with Crippen molar-refractivity contribution in [1.82, 2.24) is 16.0 Å². The number of nitrogens with two attached hydrogens (primary N) is 3. The Balaban J connectivity index is 5.15. The van der Waals surface area contributed by atoms with Crippen LogP contribution in [0.15, 0.2) is 0 Å². The summed E-state index contributed by atoms with van der Waals surface area (Å²) in [6.07, 6.45) is -2.06. The number of rotatable bonds is 14. The molecule has 0 fully saturated rings. The fourth-order valence-corrected chi connectivity index (χ4v) is 2.19. The third kappa shape index (κ3) is 11.1. The van der Waals surface area contributed by atoms with Gasteiger partial charge in [0.1, 0.15) is 18.1 Å². The number of hydrogen-bond donors (Lipinski definition) is 8. The van der Waals surface area contributed by atoms with Crippen LogP contribution in [0.2, 0.25) is 0 Å². The van der Waals surface area contributed by atoms with Gasteiger partial charge in [0, 0.05) is 6.42 Å². The molecule has 15 heteroatoms. The Bertz CT molecular complexity index is 741. The molecule has 0 rings (SSSR count). The standard InChI is InChI=1S/C16H26N6O9/c1-6(20-14(28)7(17)4-12(25)26)13(27)22-9(5-11(19)24)15(29)21-8(16(30)31)2-3-10(18)23/h6-9H,2-5,17H2,1H3,(H2,18,23)(H2,19,24)(H,20,28)(H,21,29)(H,22,27)(H,25,26)(H,30,31). The molecule has 0 radical (unpaired) electrons. The monoisotopic (exact) mass is 446 g/mol. The fourth-order valence-electron chi connectivity index (χ4n) is 2.19. The van der Waals surface area contributed by atoms with E-state index in [1.807, 2.05) is 0 Å². The van der Waals surface area contributed by atoms with Crippen LogP contribution in [-0.2, 0) is 33.6 Å². The van der Waals surface area contributed by atoms with Gasteiger partial charge < -0.3 is 43.4 Å². The maximum Gasteiger partial charge on any atom is 0.326 e. The number of hydrogen-bond acceptors (Lipinski definition) is 8. The number of primary amides is 2. The highest BCUT2D eigenvalue weighted by molar-refractivity contribution is 5.96. The topological polar surface area (TPSA) is 274 Å². The van der Waals surface area contributed by atoms with E-state index in [1.54, 1.807) is 0 Å². The summed E-state index contributed by atoms with van der Waals surface area (Å²) in [5.74, 6) is -7.59. The van der Waals surface area contributed by atoms with E-state index in [-0.39, 0.29) is 12.8 Å². The van der Waals surface area contributed by atoms with Gasteiger partial charge in [0.25, 0.3) is 0 Å². The molecule has 0 aliphatic carbocycles. The van der Waals surface area contributed by atoms with Crippen LogP contribution in [0.4, 0.5) is 0 Å². The van der Waals surface area contributed by atoms with Gasteiger partial charge in [-0.05, 0) is 13.3 Å². The molecule has 0 aromatic heterocycles. The first-order valence-electron chi connectivity index (χ1n) is 8.92. The molecule has 0 aliphatic rings. The van der Waals surface area contributed by atoms with Crippen LogP contribution in [0.5, 0.6) is 0 Å². The van der Waals surface area contributed by atoms with Crippen molar-refractivity contribution in [3.8, 4) is 0 Å². The first-order valence-corrected chi connectivity index (χ1v) is 8.92. The summed E-state index contributed by atoms with van der Waals surface area (Å²) in [7, 11) is 0. The number of carboxylic acid groups (broad SMARTS) is 2. The quantitative estimate of drug-likeness (QED) is 0.126. The predicted molar refractivity (Wildman–Crippen MR) is 102 cm³/mol. The lowest BCUT2D eigenvalue weighted by Gasteiger charge is -2.23. The normalized spacial score (nSPS) is 14.3. The molecule has 4 unspecified atom stereocenters. The summed E-state index contributed by atoms with van der Waals surface area (Å²) in [4.78, 5) is 80.3. The molecule has 4 atom stereocenters. The molecule has 174 valence electrons. The molecule has 0 aromatic rings. The Kier molecular flexibility index (Phi) is 11.2. The highest BCUT2D eigenvalue weighted by Gasteiger charge is 2.30. The average Bonchev–Trinajstić information content (AvgIpc) is 2.62. The lowest BCUT2D eigenvalue weighted by molar-refractivity contribution is -0.142. The van der Waals surface area contributed by atoms with Crippen LogP contribution in [0, 0.1) is 0 Å². The second-order valence-electron chi connectivity index (χ2n) is 6.57. The van der Waals surface area contributed by atoms with Crippen molar-refractivity contribution in [1.29, 1.82) is 0 Å². The lowest BCUT2D eigenvalue weighted by Crippen LogP contribution is -2.57. The van der Waals surface area contributed by atoms with Gasteiger partial charge in [0.2, 0.25) is 29.5 Å². The van der Waals surface area contributed by atoms with Crippen LogP contribution in [0.3, 0.4) is 0 Å². The zero-order valence-corrected chi connectivity index (χ0v) is 16.6. The van der Waals surface area contributed by atoms with E-state index < -0.39 is 78.5 Å². The molecule has 31 heavy (non-hydrogen) atoms. The van der Waals surface area contributed by atoms with E-state index in [4.69, 9.17) is 27.4 Å². The lowest BCUT2D eigenvalue weighted by atomic mass is 10.1. The highest BCUT2D eigenvalue weighted by Crippen LogP contribution is 2.01. The van der Waals surface area contributed by atoms with Crippen molar-refractivity contribution in [3.05, 3.63) is 0 Å². The molecule has 0 spiro atoms. The number of nitrogens with one attached hydrogen (secondary N) is 3. The fraction of sp³-hybridized carbons (Fsp3) is 0.562. The van der Waals surface area contributed by atoms with E-state index in [1.165, 1.54) is 6.92 Å². The van der Waals surface area contributed by atoms with Crippen LogP contribution in [0.25, 0.3) is 0 Å². The summed E-state index contributed by atoms with van der Waals surface area (Å²) in [5, 5.41) is 24.1. The summed E-state index contributed by atoms with van der Waals surface area (Å²) in [6.45, 7) is 1.20. The van der Waals surface area contributed by atoms with Crippen LogP contribution < -0.4 is 33.2 Å². The summed E-state index contributed by atoms with van der Waals surface area (Å²) < 4.78 is 0. The van der Waals surface area contributed by atoms with Crippen LogP contribution in [-0.4, -0.2) is 75.9 Å². The van der Waals surface area contributed by atoms with Crippen molar-refractivity contribution in [2.24, 2.45) is 17.2 Å². The number of carbonyl (C=O) groups is 7. The molecule has 15 nitrogen and oxygen atoms in total. The molecule has 5 amide bonds. The largest absolute Gasteiger partial charge is 0.481 e. The van der Waals surface area contributed by atoms with Gasteiger partial charge in [0.15, 0.2) is 0 Å². The van der Waals surface area contributed by atoms with Crippen LogP contribution >= 0.6 is 0 Å². The van der Waals surface area contributed by atoms with Gasteiger partial charge in [-0.15, -0.1) is 0 Å². The Labute approximate surface area is 176 Å². The van der Waals surface area contributed by atoms with Crippen LogP contribution in [0.1, 0.15) is 32.6 Å². The minimum atomic E-state index is -1.59.